The summed E-state index contributed by atoms with van der Waals surface area (Å²) in [5.41, 5.74) is 0. The van der Waals surface area contributed by atoms with Crippen LogP contribution in [0.25, 0.3) is 0 Å². The summed E-state index contributed by atoms with van der Waals surface area (Å²) in [6, 6.07) is 0. The van der Waals surface area contributed by atoms with E-state index >= 15 is 0 Å². The molecular weight excluding hydrogens is 229 g/mol. The van der Waals surface area contributed by atoms with Crippen molar-refractivity contribution in [2.45, 2.75) is 6.92 Å². The van der Waals surface area contributed by atoms with Crippen LogP contribution in [0.3, 0.4) is 0 Å². The van der Waals surface area contributed by atoms with Crippen LogP contribution >= 0.6 is 12.4 Å². The van der Waals surface area contributed by atoms with Gasteiger partial charge in [-0.3, -0.25) is 0 Å². The molecule has 5 heteroatoms. The summed E-state index contributed by atoms with van der Waals surface area (Å²) in [5.74, 6) is 0. The van der Waals surface area contributed by atoms with Gasteiger partial charge in [0.2, 0.25) is 0 Å². The zero-order valence-electron chi connectivity index (χ0n) is 3.83. The Morgan fingerprint density at radius 3 is 2.29 bits per heavy atom. The van der Waals surface area contributed by atoms with Crippen molar-refractivity contribution in [1.82, 2.24) is 0 Å². The van der Waals surface area contributed by atoms with Gasteiger partial charge in [-0.2, -0.15) is 0 Å². The van der Waals surface area contributed by atoms with Crippen molar-refractivity contribution < 1.29 is 9.42 Å². The monoisotopic (exact) mass is 235 g/mol. The molecule has 0 aliphatic rings. The molecule has 3 nitrogen and oxygen atoms in total. The SMILES string of the molecule is CC[O][Sb](=[O])[OH].Cl. The number of halogens is 1. The minimum atomic E-state index is -3.26. The van der Waals surface area contributed by atoms with Crippen LogP contribution in [0.15, 0.2) is 0 Å². The topological polar surface area (TPSA) is 46.5 Å². The summed E-state index contributed by atoms with van der Waals surface area (Å²) in [7, 11) is 0. The fourth-order valence-corrected chi connectivity index (χ4v) is 0.741. The average molecular weight is 236 g/mol. The molecule has 0 bridgehead atoms. The van der Waals surface area contributed by atoms with Crippen molar-refractivity contribution in [3.8, 4) is 0 Å². The molecule has 0 amide bonds. The maximum Gasteiger partial charge on any atom is -0.147 e. The summed E-state index contributed by atoms with van der Waals surface area (Å²) in [6.45, 7) is 2.04. The van der Waals surface area contributed by atoms with Gasteiger partial charge < -0.3 is 0 Å². The number of rotatable bonds is 2. The van der Waals surface area contributed by atoms with Crippen molar-refractivity contribution in [2.75, 3.05) is 6.61 Å². The molecule has 0 aromatic heterocycles. The van der Waals surface area contributed by atoms with E-state index in [0.717, 1.165) is 0 Å². The van der Waals surface area contributed by atoms with Crippen LogP contribution in [0.1, 0.15) is 6.92 Å². The first kappa shape index (κ1) is 10.7. The Morgan fingerprint density at radius 1 is 1.86 bits per heavy atom. The quantitative estimate of drug-likeness (QED) is 0.678. The Hall–Kier alpha value is 0.828. The van der Waals surface area contributed by atoms with Crippen LogP contribution in [-0.4, -0.2) is 31.0 Å². The molecule has 0 saturated carbocycles. The molecule has 0 unspecified atom stereocenters. The second kappa shape index (κ2) is 6.83. The molecule has 45 valence electrons. The molecule has 0 spiro atoms. The second-order valence-electron chi connectivity index (χ2n) is 0.656. The molecule has 0 atom stereocenters. The molecule has 7 heavy (non-hydrogen) atoms. The molecule has 0 aromatic rings. The molecule has 1 radical (unpaired) electrons. The van der Waals surface area contributed by atoms with Gasteiger partial charge in [-0.15, -0.1) is 12.4 Å². The van der Waals surface area contributed by atoms with Crippen LogP contribution in [0.4, 0.5) is 0 Å². The largest absolute Gasteiger partial charge is 0.147 e. The van der Waals surface area contributed by atoms with Gasteiger partial charge in [0.25, 0.3) is 0 Å². The maximum absolute atomic E-state index is 9.64. The van der Waals surface area contributed by atoms with E-state index in [1.165, 1.54) is 0 Å². The van der Waals surface area contributed by atoms with Gasteiger partial charge in [0.15, 0.2) is 0 Å². The zero-order valence-corrected chi connectivity index (χ0v) is 7.20. The molecule has 1 N–H and O–H groups in total. The van der Waals surface area contributed by atoms with Gasteiger partial charge >= 0.3 is 44.0 Å². The Balaban J connectivity index is 0. The Labute approximate surface area is 56.6 Å². The van der Waals surface area contributed by atoms with Gasteiger partial charge in [0, 0.05) is 0 Å². The summed E-state index contributed by atoms with van der Waals surface area (Å²) in [5, 5.41) is 0. The number of hydrogen-bond donors (Lipinski definition) is 1. The predicted molar refractivity (Wildman–Crippen MR) is 27.5 cm³/mol. The maximum atomic E-state index is 9.64. The van der Waals surface area contributed by atoms with E-state index in [2.05, 4.69) is 3.02 Å². The van der Waals surface area contributed by atoms with Gasteiger partial charge in [-0.05, 0) is 0 Å². The average Bonchev–Trinajstić information content (AvgIpc) is 1.35. The van der Waals surface area contributed by atoms with Crippen LogP contribution in [-0.2, 0) is 6.03 Å². The molecule has 0 aliphatic carbocycles. The third-order valence-electron chi connectivity index (χ3n) is 0.240. The van der Waals surface area contributed by atoms with E-state index in [1.807, 2.05) is 0 Å². The fraction of sp³-hybridized carbons (Fsp3) is 1.00. The van der Waals surface area contributed by atoms with Gasteiger partial charge in [-0.25, -0.2) is 0 Å². The van der Waals surface area contributed by atoms with Gasteiger partial charge in [-0.1, -0.05) is 0 Å². The Morgan fingerprint density at radius 2 is 2.29 bits per heavy atom. The van der Waals surface area contributed by atoms with E-state index in [-0.39, 0.29) is 12.4 Å². The summed E-state index contributed by atoms with van der Waals surface area (Å²) < 4.78 is 21.8. The van der Waals surface area contributed by atoms with Crippen LogP contribution < -0.4 is 0 Å². The molecular formula is C2H7ClO3Sb. The number of hydrogen-bond acceptors (Lipinski definition) is 2. The molecule has 0 rings (SSSR count). The summed E-state index contributed by atoms with van der Waals surface area (Å²) in [6.07, 6.45) is 0. The first-order chi connectivity index (χ1) is 2.77. The van der Waals surface area contributed by atoms with Crippen molar-refractivity contribution in [1.29, 1.82) is 0 Å². The standard InChI is InChI=1S/C2H5O.ClH.H2O.O.Sb/c1-2-3;;;;/h2H2,1H3;1H;1H2;;/q-1;;;;+2/p-1. The molecule has 0 aliphatic heterocycles. The van der Waals surface area contributed by atoms with Crippen molar-refractivity contribution in [2.24, 2.45) is 0 Å². The van der Waals surface area contributed by atoms with E-state index in [1.54, 1.807) is 6.92 Å². The minimum absolute atomic E-state index is 0. The third-order valence-corrected chi connectivity index (χ3v) is 1.61. The van der Waals surface area contributed by atoms with Crippen LogP contribution in [0.5, 0.6) is 0 Å². The van der Waals surface area contributed by atoms with E-state index < -0.39 is 21.0 Å². The minimum Gasteiger partial charge on any atom is -0.147 e. The molecule has 0 heterocycles. The first-order valence-corrected chi connectivity index (χ1v) is 4.79. The first-order valence-electron chi connectivity index (χ1n) is 1.56. The molecule has 0 aromatic carbocycles. The molecule has 0 saturated heterocycles. The Kier molecular flexibility index (Phi) is 10.5. The zero-order chi connectivity index (χ0) is 4.99. The van der Waals surface area contributed by atoms with E-state index in [9.17, 15) is 3.02 Å². The van der Waals surface area contributed by atoms with E-state index in [0.29, 0.717) is 6.61 Å². The van der Waals surface area contributed by atoms with Gasteiger partial charge in [0.05, 0.1) is 0 Å². The van der Waals surface area contributed by atoms with Gasteiger partial charge in [0.1, 0.15) is 0 Å². The smallest absolute Gasteiger partial charge is 0.147 e. The van der Waals surface area contributed by atoms with E-state index in [4.69, 9.17) is 3.39 Å². The van der Waals surface area contributed by atoms with Crippen molar-refractivity contribution in [3.05, 3.63) is 0 Å². The Bertz CT molecular complexity index is 56.9. The molecule has 0 fully saturated rings. The van der Waals surface area contributed by atoms with Crippen molar-refractivity contribution >= 4 is 33.4 Å². The van der Waals surface area contributed by atoms with Crippen LogP contribution in [0.2, 0.25) is 0 Å². The second-order valence-corrected chi connectivity index (χ2v) is 2.75. The summed E-state index contributed by atoms with van der Waals surface area (Å²) in [4.78, 5) is 0. The fourth-order valence-electron chi connectivity index (χ4n) is 0.110. The normalized spacial score (nSPS) is 7.14. The third kappa shape index (κ3) is 10.9. The predicted octanol–water partition coefficient (Wildman–Crippen LogP) is -0.148. The van der Waals surface area contributed by atoms with Crippen LogP contribution in [0, 0.1) is 0 Å². The summed E-state index contributed by atoms with van der Waals surface area (Å²) >= 11 is -3.26. The van der Waals surface area contributed by atoms with Crippen molar-refractivity contribution in [3.63, 3.8) is 0 Å².